The van der Waals surface area contributed by atoms with E-state index in [4.69, 9.17) is 14.2 Å². The molecule has 1 spiro atoms. The van der Waals surface area contributed by atoms with Gasteiger partial charge in [0.15, 0.2) is 5.79 Å². The molecule has 0 N–H and O–H groups in total. The van der Waals surface area contributed by atoms with E-state index < -0.39 is 5.79 Å². The van der Waals surface area contributed by atoms with E-state index in [0.29, 0.717) is 5.92 Å². The summed E-state index contributed by atoms with van der Waals surface area (Å²) in [7, 11) is 1.85. The Hall–Kier alpha value is -0.380. The molecule has 2 atom stereocenters. The van der Waals surface area contributed by atoms with Gasteiger partial charge in [-0.15, -0.1) is 0 Å². The van der Waals surface area contributed by atoms with Gasteiger partial charge in [0.2, 0.25) is 0 Å². The fourth-order valence-corrected chi connectivity index (χ4v) is 4.04. The van der Waals surface area contributed by atoms with Crippen molar-refractivity contribution in [3.63, 3.8) is 0 Å². The van der Waals surface area contributed by atoms with E-state index >= 15 is 0 Å². The van der Waals surface area contributed by atoms with E-state index in [2.05, 4.69) is 13.0 Å². The first-order chi connectivity index (χ1) is 8.41. The van der Waals surface area contributed by atoms with Crippen LogP contribution in [0.15, 0.2) is 11.6 Å². The number of methoxy groups -OCH3 is 1. The summed E-state index contributed by atoms with van der Waals surface area (Å²) < 4.78 is 17.7. The normalized spacial score (nSPS) is 40.9. The van der Waals surface area contributed by atoms with Crippen LogP contribution in [0.25, 0.3) is 0 Å². The zero-order valence-electron chi connectivity index (χ0n) is 11.9. The van der Waals surface area contributed by atoms with Crippen molar-refractivity contribution >= 4 is 0 Å². The molecule has 3 heteroatoms. The van der Waals surface area contributed by atoms with Crippen LogP contribution in [0.4, 0.5) is 0 Å². The number of ether oxygens (including phenoxy) is 3. The maximum Gasteiger partial charge on any atom is 0.162 e. The number of fused-ring (bicyclic) bond motifs is 1. The van der Waals surface area contributed by atoms with Gasteiger partial charge in [-0.3, -0.25) is 0 Å². The highest BCUT2D eigenvalue weighted by molar-refractivity contribution is 5.29. The molecule has 1 aliphatic heterocycles. The van der Waals surface area contributed by atoms with Gasteiger partial charge in [-0.2, -0.15) is 0 Å². The molecule has 3 nitrogen and oxygen atoms in total. The second-order valence-corrected chi connectivity index (χ2v) is 6.77. The average Bonchev–Trinajstić information content (AvgIpc) is 2.80. The Morgan fingerprint density at radius 1 is 1.28 bits per heavy atom. The van der Waals surface area contributed by atoms with Gasteiger partial charge in [0, 0.05) is 12.5 Å². The topological polar surface area (TPSA) is 27.7 Å². The number of hydrogen-bond donors (Lipinski definition) is 0. The minimum atomic E-state index is -0.423. The molecule has 0 aromatic carbocycles. The Labute approximate surface area is 109 Å². The van der Waals surface area contributed by atoms with Gasteiger partial charge in [-0.05, 0) is 51.5 Å². The van der Waals surface area contributed by atoms with Crippen LogP contribution >= 0.6 is 0 Å². The summed E-state index contributed by atoms with van der Waals surface area (Å²) in [5.74, 6) is 0.185. The summed E-state index contributed by atoms with van der Waals surface area (Å²) in [6, 6.07) is 0. The fraction of sp³-hybridized carbons (Fsp3) is 0.867. The maximum atomic E-state index is 5.94. The molecule has 3 aliphatic rings. The van der Waals surface area contributed by atoms with Gasteiger partial charge in [0.1, 0.15) is 0 Å². The molecule has 3 rings (SSSR count). The molecule has 0 amide bonds. The Morgan fingerprint density at radius 3 is 2.50 bits per heavy atom. The largest absolute Gasteiger partial charge is 0.374 e. The van der Waals surface area contributed by atoms with Gasteiger partial charge in [0.05, 0.1) is 18.8 Å². The van der Waals surface area contributed by atoms with Crippen molar-refractivity contribution in [3.05, 3.63) is 11.6 Å². The minimum absolute atomic E-state index is 0.0474. The molecule has 102 valence electrons. The van der Waals surface area contributed by atoms with Crippen LogP contribution in [0, 0.1) is 11.3 Å². The molecular weight excluding hydrogens is 228 g/mol. The second-order valence-electron chi connectivity index (χ2n) is 6.77. The molecule has 1 saturated carbocycles. The van der Waals surface area contributed by atoms with E-state index in [1.54, 1.807) is 0 Å². The number of allylic oxidation sites excluding steroid dienone is 1. The summed E-state index contributed by atoms with van der Waals surface area (Å²) in [5, 5.41) is 0. The zero-order valence-corrected chi connectivity index (χ0v) is 11.9. The Kier molecular flexibility index (Phi) is 2.68. The van der Waals surface area contributed by atoms with Crippen LogP contribution in [0.1, 0.15) is 40.0 Å². The first kappa shape index (κ1) is 12.6. The zero-order chi connectivity index (χ0) is 13.0. The Balaban J connectivity index is 1.81. The highest BCUT2D eigenvalue weighted by Gasteiger charge is 2.59. The van der Waals surface area contributed by atoms with E-state index in [0.717, 1.165) is 32.5 Å². The van der Waals surface area contributed by atoms with Crippen molar-refractivity contribution in [2.75, 3.05) is 20.3 Å². The molecule has 0 bridgehead atoms. The van der Waals surface area contributed by atoms with Crippen molar-refractivity contribution in [2.24, 2.45) is 11.3 Å². The van der Waals surface area contributed by atoms with Crippen LogP contribution in [0.5, 0.6) is 0 Å². The summed E-state index contributed by atoms with van der Waals surface area (Å²) in [4.78, 5) is 0. The molecule has 2 fully saturated rings. The van der Waals surface area contributed by atoms with Gasteiger partial charge < -0.3 is 14.2 Å². The van der Waals surface area contributed by atoms with Crippen LogP contribution in [-0.4, -0.2) is 31.7 Å². The van der Waals surface area contributed by atoms with Gasteiger partial charge in [-0.1, -0.05) is 6.08 Å². The molecule has 18 heavy (non-hydrogen) atoms. The monoisotopic (exact) mass is 252 g/mol. The third-order valence-electron chi connectivity index (χ3n) is 5.17. The van der Waals surface area contributed by atoms with Crippen molar-refractivity contribution in [3.8, 4) is 0 Å². The first-order valence-electron chi connectivity index (χ1n) is 6.92. The molecule has 1 saturated heterocycles. The van der Waals surface area contributed by atoms with Crippen LogP contribution < -0.4 is 0 Å². The lowest BCUT2D eigenvalue weighted by atomic mass is 9.83. The predicted octanol–water partition coefficient (Wildman–Crippen LogP) is 2.90. The van der Waals surface area contributed by atoms with E-state index in [1.165, 1.54) is 5.57 Å². The summed E-state index contributed by atoms with van der Waals surface area (Å²) in [6.07, 6.45) is 5.69. The minimum Gasteiger partial charge on any atom is -0.374 e. The standard InChI is InChI=1S/C15H24O3/c1-11-5-6-12-7-14(8-15(11,12)16-4)9-17-13(2,3)18-10-14/h5,12H,6-10H2,1-4H3. The average molecular weight is 252 g/mol. The molecule has 0 radical (unpaired) electrons. The summed E-state index contributed by atoms with van der Waals surface area (Å²) in [5.41, 5.74) is 1.51. The number of hydrogen-bond acceptors (Lipinski definition) is 3. The lowest BCUT2D eigenvalue weighted by Gasteiger charge is -2.42. The van der Waals surface area contributed by atoms with Crippen LogP contribution in [0.3, 0.4) is 0 Å². The van der Waals surface area contributed by atoms with Crippen molar-refractivity contribution in [1.29, 1.82) is 0 Å². The third-order valence-corrected chi connectivity index (χ3v) is 5.17. The quantitative estimate of drug-likeness (QED) is 0.672. The van der Waals surface area contributed by atoms with Crippen molar-refractivity contribution in [1.82, 2.24) is 0 Å². The molecule has 1 heterocycles. The molecule has 2 aliphatic carbocycles. The third kappa shape index (κ3) is 1.68. The molecular formula is C15H24O3. The predicted molar refractivity (Wildman–Crippen MR) is 69.3 cm³/mol. The van der Waals surface area contributed by atoms with Crippen LogP contribution in [0.2, 0.25) is 0 Å². The van der Waals surface area contributed by atoms with E-state index in [1.807, 2.05) is 21.0 Å². The van der Waals surface area contributed by atoms with E-state index in [-0.39, 0.29) is 11.0 Å². The fourth-order valence-electron chi connectivity index (χ4n) is 4.04. The number of rotatable bonds is 1. The lowest BCUT2D eigenvalue weighted by molar-refractivity contribution is -0.286. The SMILES string of the molecule is COC12CC3(COC(C)(C)OC3)CC1CC=C2C. The van der Waals surface area contributed by atoms with Gasteiger partial charge in [-0.25, -0.2) is 0 Å². The summed E-state index contributed by atoms with van der Waals surface area (Å²) in [6.45, 7) is 7.79. The Bertz CT molecular complexity index is 375. The summed E-state index contributed by atoms with van der Waals surface area (Å²) >= 11 is 0. The highest BCUT2D eigenvalue weighted by Crippen LogP contribution is 2.58. The maximum absolute atomic E-state index is 5.94. The molecule has 0 aromatic heterocycles. The first-order valence-corrected chi connectivity index (χ1v) is 6.92. The van der Waals surface area contributed by atoms with Crippen molar-refractivity contribution < 1.29 is 14.2 Å². The molecule has 0 aromatic rings. The van der Waals surface area contributed by atoms with Crippen LogP contribution in [-0.2, 0) is 14.2 Å². The van der Waals surface area contributed by atoms with Crippen molar-refractivity contribution in [2.45, 2.75) is 51.4 Å². The lowest BCUT2D eigenvalue weighted by Crippen LogP contribution is -2.46. The molecule has 2 unspecified atom stereocenters. The van der Waals surface area contributed by atoms with E-state index in [9.17, 15) is 0 Å². The smallest absolute Gasteiger partial charge is 0.162 e. The Morgan fingerprint density at radius 2 is 1.94 bits per heavy atom. The highest BCUT2D eigenvalue weighted by atomic mass is 16.7. The second kappa shape index (κ2) is 3.81. The van der Waals surface area contributed by atoms with Gasteiger partial charge in [0.25, 0.3) is 0 Å². The van der Waals surface area contributed by atoms with Gasteiger partial charge >= 0.3 is 0 Å².